The van der Waals surface area contributed by atoms with E-state index in [4.69, 9.17) is 11.1 Å². The maximum absolute atomic E-state index is 7.15. The van der Waals surface area contributed by atoms with Crippen molar-refractivity contribution in [2.75, 3.05) is 5.73 Å². The van der Waals surface area contributed by atoms with Gasteiger partial charge in [-0.05, 0) is 37.4 Å². The van der Waals surface area contributed by atoms with E-state index in [1.807, 2.05) is 25.1 Å². The molecule has 0 aliphatic carbocycles. The van der Waals surface area contributed by atoms with E-state index in [2.05, 4.69) is 11.7 Å². The van der Waals surface area contributed by atoms with Crippen LogP contribution in [0.3, 0.4) is 0 Å². The van der Waals surface area contributed by atoms with Gasteiger partial charge in [0.2, 0.25) is 0 Å². The number of aliphatic imine (C=N–C) groups is 1. The van der Waals surface area contributed by atoms with Crippen molar-refractivity contribution in [3.8, 4) is 0 Å². The molecule has 3 heteroatoms. The smallest absolute Gasteiger partial charge is 0.0403 e. The summed E-state index contributed by atoms with van der Waals surface area (Å²) >= 11 is 0. The molecule has 0 aromatic heterocycles. The molecule has 1 aromatic carbocycles. The number of rotatable bonds is 3. The van der Waals surface area contributed by atoms with E-state index in [0.29, 0.717) is 5.69 Å². The number of hydrogen-bond acceptors (Lipinski definition) is 3. The highest BCUT2D eigenvalue weighted by Crippen LogP contribution is 2.14. The third-order valence-corrected chi connectivity index (χ3v) is 1.89. The van der Waals surface area contributed by atoms with Crippen LogP contribution in [0.15, 0.2) is 28.9 Å². The number of nitrogen functional groups attached to an aromatic ring is 1. The van der Waals surface area contributed by atoms with Gasteiger partial charge in [0.25, 0.3) is 0 Å². The molecule has 0 aliphatic rings. The van der Waals surface area contributed by atoms with Crippen molar-refractivity contribution in [2.24, 2.45) is 4.99 Å². The lowest BCUT2D eigenvalue weighted by Gasteiger charge is -2.01. The number of nitrogens with one attached hydrogen (secondary N) is 1. The van der Waals surface area contributed by atoms with Gasteiger partial charge < -0.3 is 11.1 Å². The number of nitrogens with two attached hydrogens (primary N) is 1. The lowest BCUT2D eigenvalue weighted by Crippen LogP contribution is -1.92. The van der Waals surface area contributed by atoms with Crippen LogP contribution in [0.2, 0.25) is 0 Å². The molecule has 0 aliphatic heterocycles. The highest BCUT2D eigenvalue weighted by molar-refractivity contribution is 5.86. The fourth-order valence-electron chi connectivity index (χ4n) is 1.09. The minimum absolute atomic E-state index is 0.612. The maximum Gasteiger partial charge on any atom is 0.0403 e. The quantitative estimate of drug-likeness (QED) is 0.553. The highest BCUT2D eigenvalue weighted by atomic mass is 14.7. The van der Waals surface area contributed by atoms with Crippen LogP contribution in [0.25, 0.3) is 6.08 Å². The molecule has 0 radical (unpaired) electrons. The average molecular weight is 187 g/mol. The molecule has 0 unspecified atom stereocenters. The predicted molar refractivity (Wildman–Crippen MR) is 61.9 cm³/mol. The molecule has 0 atom stereocenters. The number of allylic oxidation sites excluding steroid dienone is 1. The summed E-state index contributed by atoms with van der Waals surface area (Å²) in [7, 11) is 0. The monoisotopic (exact) mass is 187 g/mol. The summed E-state index contributed by atoms with van der Waals surface area (Å²) in [5.41, 5.74) is 8.80. The van der Waals surface area contributed by atoms with E-state index in [-0.39, 0.29) is 0 Å². The molecule has 72 valence electrons. The van der Waals surface area contributed by atoms with E-state index < -0.39 is 0 Å². The maximum atomic E-state index is 7.15. The van der Waals surface area contributed by atoms with Gasteiger partial charge >= 0.3 is 0 Å². The van der Waals surface area contributed by atoms with Gasteiger partial charge in [0.15, 0.2) is 0 Å². The second-order valence-electron chi connectivity index (χ2n) is 2.98. The molecular weight excluding hydrogens is 174 g/mol. The molecular formula is C11H13N3. The molecule has 0 fully saturated rings. The summed E-state index contributed by atoms with van der Waals surface area (Å²) in [6.07, 6.45) is 3.13. The van der Waals surface area contributed by atoms with Crippen LogP contribution in [0.5, 0.6) is 0 Å². The van der Waals surface area contributed by atoms with Gasteiger partial charge in [0.1, 0.15) is 0 Å². The standard InChI is InChI=1S/C11H13N3/c1-8(14-2)5-9-3-4-11(13)10(6-9)7-12/h3-7,12H,2,13H2,1H3/b8-5-,12-7?. The van der Waals surface area contributed by atoms with Crippen LogP contribution in [0.4, 0.5) is 5.69 Å². The Kier molecular flexibility index (Phi) is 3.18. The van der Waals surface area contributed by atoms with Crippen molar-refractivity contribution < 1.29 is 0 Å². The van der Waals surface area contributed by atoms with Crippen LogP contribution in [-0.4, -0.2) is 12.9 Å². The number of nitrogens with zero attached hydrogens (tertiary/aromatic N) is 1. The molecule has 1 aromatic rings. The van der Waals surface area contributed by atoms with Crippen LogP contribution >= 0.6 is 0 Å². The number of hydrogen-bond donors (Lipinski definition) is 2. The largest absolute Gasteiger partial charge is 0.398 e. The van der Waals surface area contributed by atoms with Gasteiger partial charge in [-0.1, -0.05) is 6.07 Å². The third kappa shape index (κ3) is 2.29. The average Bonchev–Trinajstić information content (AvgIpc) is 2.20. The van der Waals surface area contributed by atoms with Gasteiger partial charge in [0, 0.05) is 23.2 Å². The minimum atomic E-state index is 0.612. The zero-order chi connectivity index (χ0) is 10.6. The number of benzene rings is 1. The lowest BCUT2D eigenvalue weighted by atomic mass is 10.1. The van der Waals surface area contributed by atoms with E-state index in [1.54, 1.807) is 6.07 Å². The Labute approximate surface area is 83.5 Å². The lowest BCUT2D eigenvalue weighted by molar-refractivity contribution is 1.35. The predicted octanol–water partition coefficient (Wildman–Crippen LogP) is 2.33. The first kappa shape index (κ1) is 10.2. The first-order valence-electron chi connectivity index (χ1n) is 4.22. The van der Waals surface area contributed by atoms with Gasteiger partial charge in [-0.25, -0.2) is 0 Å². The Morgan fingerprint density at radius 1 is 1.57 bits per heavy atom. The zero-order valence-electron chi connectivity index (χ0n) is 8.12. The normalized spacial score (nSPS) is 11.1. The molecule has 0 bridgehead atoms. The number of anilines is 1. The third-order valence-electron chi connectivity index (χ3n) is 1.89. The summed E-state index contributed by atoms with van der Waals surface area (Å²) in [5, 5.41) is 7.15. The van der Waals surface area contributed by atoms with Gasteiger partial charge in [-0.15, -0.1) is 0 Å². The summed E-state index contributed by atoms with van der Waals surface area (Å²) in [6, 6.07) is 5.51. The second-order valence-corrected chi connectivity index (χ2v) is 2.98. The van der Waals surface area contributed by atoms with Crippen molar-refractivity contribution in [1.29, 1.82) is 5.41 Å². The Morgan fingerprint density at radius 3 is 2.86 bits per heavy atom. The van der Waals surface area contributed by atoms with E-state index in [9.17, 15) is 0 Å². The fraction of sp³-hybridized carbons (Fsp3) is 0.0909. The topological polar surface area (TPSA) is 62.2 Å². The molecule has 0 heterocycles. The molecule has 0 saturated carbocycles. The van der Waals surface area contributed by atoms with E-state index >= 15 is 0 Å². The van der Waals surface area contributed by atoms with Crippen LogP contribution in [0, 0.1) is 5.41 Å². The van der Waals surface area contributed by atoms with Crippen molar-refractivity contribution in [3.05, 3.63) is 35.0 Å². The first-order chi connectivity index (χ1) is 6.67. The minimum Gasteiger partial charge on any atom is -0.398 e. The second kappa shape index (κ2) is 4.37. The molecule has 0 spiro atoms. The van der Waals surface area contributed by atoms with Crippen LogP contribution < -0.4 is 5.73 Å². The highest BCUT2D eigenvalue weighted by Gasteiger charge is 1.96. The first-order valence-corrected chi connectivity index (χ1v) is 4.22. The molecule has 3 nitrogen and oxygen atoms in total. The van der Waals surface area contributed by atoms with Crippen molar-refractivity contribution in [2.45, 2.75) is 6.92 Å². The molecule has 0 amide bonds. The van der Waals surface area contributed by atoms with Gasteiger partial charge in [-0.2, -0.15) is 0 Å². The Bertz CT molecular complexity index is 392. The zero-order valence-corrected chi connectivity index (χ0v) is 8.12. The Morgan fingerprint density at radius 2 is 2.29 bits per heavy atom. The summed E-state index contributed by atoms with van der Waals surface area (Å²) in [4.78, 5) is 3.78. The van der Waals surface area contributed by atoms with Gasteiger partial charge in [-0.3, -0.25) is 4.99 Å². The van der Waals surface area contributed by atoms with Crippen molar-refractivity contribution in [3.63, 3.8) is 0 Å². The van der Waals surface area contributed by atoms with Crippen LogP contribution in [0.1, 0.15) is 18.1 Å². The fourth-order valence-corrected chi connectivity index (χ4v) is 1.09. The Balaban J connectivity index is 3.13. The Hall–Kier alpha value is -1.90. The van der Waals surface area contributed by atoms with Crippen molar-refractivity contribution >= 4 is 24.7 Å². The van der Waals surface area contributed by atoms with E-state index in [0.717, 1.165) is 16.8 Å². The summed E-state index contributed by atoms with van der Waals surface area (Å²) in [6.45, 7) is 5.30. The molecule has 3 N–H and O–H groups in total. The summed E-state index contributed by atoms with van der Waals surface area (Å²) < 4.78 is 0. The molecule has 1 rings (SSSR count). The SMILES string of the molecule is C=N/C(C)=C\c1ccc(N)c(C=N)c1. The summed E-state index contributed by atoms with van der Waals surface area (Å²) in [5.74, 6) is 0. The molecule has 0 saturated heterocycles. The van der Waals surface area contributed by atoms with Crippen LogP contribution in [-0.2, 0) is 0 Å². The van der Waals surface area contributed by atoms with Gasteiger partial charge in [0.05, 0.1) is 0 Å². The van der Waals surface area contributed by atoms with E-state index in [1.165, 1.54) is 6.21 Å². The molecule has 14 heavy (non-hydrogen) atoms. The van der Waals surface area contributed by atoms with Crippen molar-refractivity contribution in [1.82, 2.24) is 0 Å².